The monoisotopic (exact) mass is 304 g/mol. The average Bonchev–Trinajstić information content (AvgIpc) is 2.93. The Balaban J connectivity index is 2.19. The summed E-state index contributed by atoms with van der Waals surface area (Å²) in [7, 11) is 1.90. The van der Waals surface area contributed by atoms with Crippen LogP contribution in [0.3, 0.4) is 0 Å². The Bertz CT molecular complexity index is 578. The summed E-state index contributed by atoms with van der Waals surface area (Å²) in [5, 5.41) is 11.0. The van der Waals surface area contributed by atoms with Crippen LogP contribution in [0.5, 0.6) is 0 Å². The topological polar surface area (TPSA) is 49.8 Å². The van der Waals surface area contributed by atoms with E-state index in [1.807, 2.05) is 7.05 Å². The molecule has 1 unspecified atom stereocenters. The maximum atomic E-state index is 4.69. The van der Waals surface area contributed by atoms with Gasteiger partial charge in [-0.1, -0.05) is 13.8 Å². The Hall–Kier alpha value is -1.62. The molecule has 2 aromatic rings. The number of hydrogen-bond acceptors (Lipinski definition) is 5. The molecular formula is C16H24N4S. The zero-order valence-electron chi connectivity index (χ0n) is 13.4. The molecular weight excluding hydrogens is 280 g/mol. The molecule has 0 aromatic carbocycles. The second kappa shape index (κ2) is 6.89. The van der Waals surface area contributed by atoms with E-state index < -0.39 is 0 Å². The van der Waals surface area contributed by atoms with Crippen LogP contribution in [0, 0.1) is 6.92 Å². The standard InChI is InChI=1S/C16H24N4S/c1-10(2)14-19-15(17-5)12(4)16(20-14)18-11(3)8-13-6-7-21-9-13/h6-7,9-11H,8H2,1-5H3,(H2,17,18,19,20). The van der Waals surface area contributed by atoms with Gasteiger partial charge in [0, 0.05) is 24.6 Å². The summed E-state index contributed by atoms with van der Waals surface area (Å²) in [5.41, 5.74) is 2.43. The molecule has 2 aromatic heterocycles. The maximum Gasteiger partial charge on any atom is 0.135 e. The number of aromatic nitrogens is 2. The van der Waals surface area contributed by atoms with Crippen LogP contribution in [0.25, 0.3) is 0 Å². The van der Waals surface area contributed by atoms with Crippen molar-refractivity contribution in [3.63, 3.8) is 0 Å². The van der Waals surface area contributed by atoms with Gasteiger partial charge in [-0.2, -0.15) is 11.3 Å². The number of nitrogens with zero attached hydrogens (tertiary/aromatic N) is 2. The van der Waals surface area contributed by atoms with Gasteiger partial charge in [0.05, 0.1) is 0 Å². The van der Waals surface area contributed by atoms with Gasteiger partial charge in [0.15, 0.2) is 0 Å². The van der Waals surface area contributed by atoms with Crippen LogP contribution in [0.4, 0.5) is 11.6 Å². The Labute approximate surface area is 131 Å². The summed E-state index contributed by atoms with van der Waals surface area (Å²) < 4.78 is 0. The van der Waals surface area contributed by atoms with Crippen molar-refractivity contribution in [2.45, 2.75) is 46.1 Å². The minimum Gasteiger partial charge on any atom is -0.373 e. The van der Waals surface area contributed by atoms with Gasteiger partial charge in [-0.25, -0.2) is 9.97 Å². The minimum atomic E-state index is 0.311. The van der Waals surface area contributed by atoms with Crippen LogP contribution in [0.1, 0.15) is 43.6 Å². The van der Waals surface area contributed by atoms with E-state index in [-0.39, 0.29) is 0 Å². The van der Waals surface area contributed by atoms with Gasteiger partial charge in [-0.05, 0) is 42.7 Å². The van der Waals surface area contributed by atoms with Crippen molar-refractivity contribution in [3.8, 4) is 0 Å². The van der Waals surface area contributed by atoms with E-state index in [1.165, 1.54) is 5.56 Å². The molecule has 2 N–H and O–H groups in total. The van der Waals surface area contributed by atoms with Crippen LogP contribution >= 0.6 is 11.3 Å². The fourth-order valence-corrected chi connectivity index (χ4v) is 2.90. The minimum absolute atomic E-state index is 0.311. The molecule has 21 heavy (non-hydrogen) atoms. The third-order valence-electron chi connectivity index (χ3n) is 3.42. The van der Waals surface area contributed by atoms with E-state index in [0.717, 1.165) is 29.4 Å². The Morgan fingerprint density at radius 1 is 1.19 bits per heavy atom. The predicted molar refractivity (Wildman–Crippen MR) is 91.5 cm³/mol. The largest absolute Gasteiger partial charge is 0.373 e. The van der Waals surface area contributed by atoms with Crippen molar-refractivity contribution in [2.24, 2.45) is 0 Å². The molecule has 2 heterocycles. The van der Waals surface area contributed by atoms with Gasteiger partial charge in [0.2, 0.25) is 0 Å². The first-order valence-electron chi connectivity index (χ1n) is 7.35. The second-order valence-electron chi connectivity index (χ2n) is 5.69. The van der Waals surface area contributed by atoms with Crippen LogP contribution in [-0.4, -0.2) is 23.1 Å². The highest BCUT2D eigenvalue weighted by Crippen LogP contribution is 2.23. The van der Waals surface area contributed by atoms with Crippen LogP contribution in [-0.2, 0) is 6.42 Å². The molecule has 0 saturated heterocycles. The molecule has 1 atom stereocenters. The lowest BCUT2D eigenvalue weighted by atomic mass is 10.1. The lowest BCUT2D eigenvalue weighted by Crippen LogP contribution is -2.21. The van der Waals surface area contributed by atoms with Crippen molar-refractivity contribution in [3.05, 3.63) is 33.8 Å². The smallest absolute Gasteiger partial charge is 0.135 e. The van der Waals surface area contributed by atoms with Gasteiger partial charge in [0.1, 0.15) is 17.5 Å². The van der Waals surface area contributed by atoms with Crippen molar-refractivity contribution >= 4 is 23.0 Å². The molecule has 0 saturated carbocycles. The first-order chi connectivity index (χ1) is 10.0. The quantitative estimate of drug-likeness (QED) is 0.845. The van der Waals surface area contributed by atoms with Crippen molar-refractivity contribution < 1.29 is 0 Å². The summed E-state index contributed by atoms with van der Waals surface area (Å²) in [5.74, 6) is 3.01. The lowest BCUT2D eigenvalue weighted by Gasteiger charge is -2.19. The molecule has 0 aliphatic carbocycles. The highest BCUT2D eigenvalue weighted by Gasteiger charge is 2.14. The van der Waals surface area contributed by atoms with Crippen LogP contribution in [0.15, 0.2) is 16.8 Å². The lowest BCUT2D eigenvalue weighted by molar-refractivity contribution is 0.752. The van der Waals surface area contributed by atoms with Gasteiger partial charge < -0.3 is 10.6 Å². The SMILES string of the molecule is CNc1nc(C(C)C)nc(NC(C)Cc2ccsc2)c1C. The molecule has 0 spiro atoms. The third-order valence-corrected chi connectivity index (χ3v) is 4.15. The van der Waals surface area contributed by atoms with Crippen molar-refractivity contribution in [1.29, 1.82) is 0 Å². The molecule has 0 fully saturated rings. The highest BCUT2D eigenvalue weighted by molar-refractivity contribution is 7.07. The van der Waals surface area contributed by atoms with Gasteiger partial charge in [-0.3, -0.25) is 0 Å². The zero-order valence-corrected chi connectivity index (χ0v) is 14.2. The number of anilines is 2. The van der Waals surface area contributed by atoms with Crippen LogP contribution in [0.2, 0.25) is 0 Å². The predicted octanol–water partition coefficient (Wildman–Crippen LogP) is 4.05. The summed E-state index contributed by atoms with van der Waals surface area (Å²) in [6.07, 6.45) is 0.999. The number of rotatable bonds is 6. The second-order valence-corrected chi connectivity index (χ2v) is 6.47. The van der Waals surface area contributed by atoms with E-state index in [9.17, 15) is 0 Å². The molecule has 5 heteroatoms. The molecule has 0 bridgehead atoms. The van der Waals surface area contributed by atoms with Crippen LogP contribution < -0.4 is 10.6 Å². The average molecular weight is 304 g/mol. The molecule has 0 radical (unpaired) electrons. The first kappa shape index (κ1) is 15.8. The Kier molecular flexibility index (Phi) is 5.17. The molecule has 0 aliphatic rings. The molecule has 2 rings (SSSR count). The van der Waals surface area contributed by atoms with E-state index in [0.29, 0.717) is 12.0 Å². The summed E-state index contributed by atoms with van der Waals surface area (Å²) >= 11 is 1.74. The maximum absolute atomic E-state index is 4.69. The molecule has 0 aliphatic heterocycles. The summed E-state index contributed by atoms with van der Waals surface area (Å²) in [6.45, 7) is 8.47. The van der Waals surface area contributed by atoms with Crippen molar-refractivity contribution in [1.82, 2.24) is 9.97 Å². The Morgan fingerprint density at radius 2 is 1.90 bits per heavy atom. The summed E-state index contributed by atoms with van der Waals surface area (Å²) in [6, 6.07) is 2.51. The molecule has 114 valence electrons. The van der Waals surface area contributed by atoms with Gasteiger partial charge in [-0.15, -0.1) is 0 Å². The zero-order chi connectivity index (χ0) is 15.4. The van der Waals surface area contributed by atoms with Crippen molar-refractivity contribution in [2.75, 3.05) is 17.7 Å². The van der Waals surface area contributed by atoms with Gasteiger partial charge in [0.25, 0.3) is 0 Å². The van der Waals surface area contributed by atoms with E-state index >= 15 is 0 Å². The number of hydrogen-bond donors (Lipinski definition) is 2. The van der Waals surface area contributed by atoms with Gasteiger partial charge >= 0.3 is 0 Å². The Morgan fingerprint density at radius 3 is 2.48 bits per heavy atom. The normalized spacial score (nSPS) is 12.5. The third kappa shape index (κ3) is 3.94. The molecule has 4 nitrogen and oxygen atoms in total. The number of thiophene rings is 1. The fourth-order valence-electron chi connectivity index (χ4n) is 2.22. The molecule has 0 amide bonds. The fraction of sp³-hybridized carbons (Fsp3) is 0.500. The van der Waals surface area contributed by atoms with E-state index in [4.69, 9.17) is 4.98 Å². The van der Waals surface area contributed by atoms with E-state index in [1.54, 1.807) is 11.3 Å². The summed E-state index contributed by atoms with van der Waals surface area (Å²) in [4.78, 5) is 9.26. The number of nitrogens with one attached hydrogen (secondary N) is 2. The van der Waals surface area contributed by atoms with E-state index in [2.05, 4.69) is 60.1 Å². The highest BCUT2D eigenvalue weighted by atomic mass is 32.1. The first-order valence-corrected chi connectivity index (χ1v) is 8.29.